The number of fused-ring (bicyclic) bond motifs is 1. The van der Waals surface area contributed by atoms with Crippen LogP contribution in [0.25, 0.3) is 0 Å². The van der Waals surface area contributed by atoms with Crippen LogP contribution in [-0.4, -0.2) is 15.5 Å². The summed E-state index contributed by atoms with van der Waals surface area (Å²) < 4.78 is 1.98. The number of aromatic nitrogens is 2. The zero-order chi connectivity index (χ0) is 11.8. The number of hydrogen-bond acceptors (Lipinski definition) is 4. The van der Waals surface area contributed by atoms with E-state index in [4.69, 9.17) is 0 Å². The lowest BCUT2D eigenvalue weighted by Gasteiger charge is -2.12. The van der Waals surface area contributed by atoms with Crippen molar-refractivity contribution >= 4 is 17.7 Å². The van der Waals surface area contributed by atoms with Gasteiger partial charge in [0.1, 0.15) is 5.37 Å². The molecule has 0 N–H and O–H groups in total. The molecular formula is C12H9N2O2S-. The van der Waals surface area contributed by atoms with E-state index >= 15 is 0 Å². The Kier molecular flexibility index (Phi) is 2.40. The highest BCUT2D eigenvalue weighted by atomic mass is 32.2. The summed E-state index contributed by atoms with van der Waals surface area (Å²) in [4.78, 5) is 15.0. The van der Waals surface area contributed by atoms with Gasteiger partial charge in [0.2, 0.25) is 0 Å². The number of pyridine rings is 1. The first-order valence-electron chi connectivity index (χ1n) is 5.20. The topological polar surface area (TPSA) is 57.9 Å². The van der Waals surface area contributed by atoms with Crippen molar-refractivity contribution in [3.05, 3.63) is 53.6 Å². The summed E-state index contributed by atoms with van der Waals surface area (Å²) in [6.07, 6.45) is 5.34. The van der Waals surface area contributed by atoms with Crippen LogP contribution in [0.3, 0.4) is 0 Å². The van der Waals surface area contributed by atoms with Gasteiger partial charge in [-0.2, -0.15) is 0 Å². The van der Waals surface area contributed by atoms with Gasteiger partial charge < -0.3 is 14.5 Å². The molecule has 0 aromatic carbocycles. The number of carbonyl (C=O) groups is 1. The van der Waals surface area contributed by atoms with E-state index in [2.05, 4.69) is 4.98 Å². The zero-order valence-corrected chi connectivity index (χ0v) is 9.68. The van der Waals surface area contributed by atoms with Gasteiger partial charge in [0.15, 0.2) is 0 Å². The van der Waals surface area contributed by atoms with Crippen molar-refractivity contribution in [1.82, 2.24) is 9.55 Å². The van der Waals surface area contributed by atoms with Crippen LogP contribution in [-0.2, 0) is 5.75 Å². The second-order valence-corrected chi connectivity index (χ2v) is 4.89. The smallest absolute Gasteiger partial charge is 0.106 e. The molecule has 0 saturated carbocycles. The van der Waals surface area contributed by atoms with E-state index < -0.39 is 5.97 Å². The molecule has 0 saturated heterocycles. The van der Waals surface area contributed by atoms with Crippen molar-refractivity contribution < 1.29 is 9.90 Å². The van der Waals surface area contributed by atoms with Crippen molar-refractivity contribution in [2.75, 3.05) is 0 Å². The molecule has 0 bridgehead atoms. The fourth-order valence-corrected chi connectivity index (χ4v) is 3.37. The number of carbonyl (C=O) groups excluding carboxylic acids is 1. The minimum atomic E-state index is -1.11. The molecule has 0 radical (unpaired) electrons. The molecule has 1 atom stereocenters. The molecule has 0 spiro atoms. The number of carboxylic acid groups (broad SMARTS) is 1. The number of rotatable bonds is 2. The van der Waals surface area contributed by atoms with Crippen molar-refractivity contribution in [1.29, 1.82) is 0 Å². The summed E-state index contributed by atoms with van der Waals surface area (Å²) in [5.41, 5.74) is 2.20. The summed E-state index contributed by atoms with van der Waals surface area (Å²) in [6.45, 7) is 0. The Labute approximate surface area is 102 Å². The summed E-state index contributed by atoms with van der Waals surface area (Å²) >= 11 is 1.69. The van der Waals surface area contributed by atoms with Gasteiger partial charge in [-0.15, -0.1) is 11.8 Å². The first-order valence-corrected chi connectivity index (χ1v) is 6.25. The molecule has 17 heavy (non-hydrogen) atoms. The molecule has 0 amide bonds. The molecule has 3 heterocycles. The van der Waals surface area contributed by atoms with Crippen LogP contribution in [0.15, 0.2) is 36.8 Å². The van der Waals surface area contributed by atoms with Crippen molar-refractivity contribution in [3.8, 4) is 0 Å². The van der Waals surface area contributed by atoms with Crippen LogP contribution in [0.1, 0.15) is 27.0 Å². The highest BCUT2D eigenvalue weighted by Crippen LogP contribution is 2.41. The van der Waals surface area contributed by atoms with Gasteiger partial charge in [-0.05, 0) is 12.1 Å². The lowest BCUT2D eigenvalue weighted by atomic mass is 10.2. The van der Waals surface area contributed by atoms with Crippen LogP contribution >= 0.6 is 11.8 Å². The minimum Gasteiger partial charge on any atom is -0.545 e. The monoisotopic (exact) mass is 245 g/mol. The Hall–Kier alpha value is -1.75. The third-order valence-corrected chi connectivity index (χ3v) is 4.10. The van der Waals surface area contributed by atoms with Gasteiger partial charge in [0, 0.05) is 41.2 Å². The summed E-state index contributed by atoms with van der Waals surface area (Å²) in [6, 6.07) is 5.49. The van der Waals surface area contributed by atoms with Gasteiger partial charge in [0.05, 0.1) is 5.97 Å². The number of thioether (sulfide) groups is 1. The Balaban J connectivity index is 2.03. The molecule has 2 aromatic heterocycles. The van der Waals surface area contributed by atoms with Crippen LogP contribution in [0, 0.1) is 0 Å². The maximum Gasteiger partial charge on any atom is 0.106 e. The lowest BCUT2D eigenvalue weighted by Crippen LogP contribution is -2.23. The Morgan fingerprint density at radius 2 is 2.41 bits per heavy atom. The fourth-order valence-electron chi connectivity index (χ4n) is 2.05. The molecular weight excluding hydrogens is 236 g/mol. The van der Waals surface area contributed by atoms with Crippen molar-refractivity contribution in [3.63, 3.8) is 0 Å². The Morgan fingerprint density at radius 1 is 1.53 bits per heavy atom. The molecule has 3 rings (SSSR count). The highest BCUT2D eigenvalue weighted by Gasteiger charge is 2.26. The Bertz CT molecular complexity index is 565. The minimum absolute atomic E-state index is 0.117. The summed E-state index contributed by atoms with van der Waals surface area (Å²) in [5, 5.41) is 11.0. The van der Waals surface area contributed by atoms with Crippen molar-refractivity contribution in [2.24, 2.45) is 0 Å². The molecule has 86 valence electrons. The predicted molar refractivity (Wildman–Crippen MR) is 62.4 cm³/mol. The standard InChI is InChI=1S/C12H10N2O2S/c15-12(16)9-3-5-14-10(9)7-17-11(14)8-2-1-4-13-6-8/h1-6,11H,7H2,(H,15,16)/p-1. The fraction of sp³-hybridized carbons (Fsp3) is 0.167. The number of hydrogen-bond donors (Lipinski definition) is 0. The van der Waals surface area contributed by atoms with Gasteiger partial charge in [0.25, 0.3) is 0 Å². The van der Waals surface area contributed by atoms with E-state index in [1.165, 1.54) is 0 Å². The molecule has 0 fully saturated rings. The predicted octanol–water partition coefficient (Wildman–Crippen LogP) is 1.04. The zero-order valence-electron chi connectivity index (χ0n) is 8.87. The third-order valence-electron chi connectivity index (χ3n) is 2.84. The van der Waals surface area contributed by atoms with E-state index in [1.54, 1.807) is 30.2 Å². The number of nitrogens with zero attached hydrogens (tertiary/aromatic N) is 2. The summed E-state index contributed by atoms with van der Waals surface area (Å²) in [5.74, 6) is -0.415. The maximum atomic E-state index is 10.9. The number of aromatic carboxylic acids is 1. The lowest BCUT2D eigenvalue weighted by molar-refractivity contribution is -0.255. The second-order valence-electron chi connectivity index (χ2n) is 3.82. The SMILES string of the molecule is O=C([O-])c1ccn2c1CSC2c1cccnc1. The van der Waals surface area contributed by atoms with E-state index in [1.807, 2.05) is 22.9 Å². The van der Waals surface area contributed by atoms with E-state index in [9.17, 15) is 9.90 Å². The normalized spacial score (nSPS) is 18.0. The molecule has 4 nitrogen and oxygen atoms in total. The average Bonchev–Trinajstić information content (AvgIpc) is 2.89. The van der Waals surface area contributed by atoms with E-state index in [0.29, 0.717) is 11.3 Å². The van der Waals surface area contributed by atoms with E-state index in [-0.39, 0.29) is 5.37 Å². The number of carboxylic acids is 1. The molecule has 0 aliphatic carbocycles. The largest absolute Gasteiger partial charge is 0.545 e. The van der Waals surface area contributed by atoms with Crippen LogP contribution in [0.4, 0.5) is 0 Å². The first-order chi connectivity index (χ1) is 8.27. The molecule has 1 aliphatic rings. The molecule has 1 unspecified atom stereocenters. The molecule has 5 heteroatoms. The Morgan fingerprint density at radius 3 is 3.12 bits per heavy atom. The summed E-state index contributed by atoms with van der Waals surface area (Å²) in [7, 11) is 0. The van der Waals surface area contributed by atoms with Gasteiger partial charge in [-0.25, -0.2) is 0 Å². The van der Waals surface area contributed by atoms with E-state index in [0.717, 1.165) is 11.3 Å². The molecule has 2 aromatic rings. The first kappa shape index (κ1) is 10.4. The molecule has 1 aliphatic heterocycles. The van der Waals surface area contributed by atoms with Gasteiger partial charge >= 0.3 is 0 Å². The third kappa shape index (κ3) is 1.63. The maximum absolute atomic E-state index is 10.9. The van der Waals surface area contributed by atoms with Crippen LogP contribution < -0.4 is 5.11 Å². The van der Waals surface area contributed by atoms with Crippen molar-refractivity contribution in [2.45, 2.75) is 11.1 Å². The van der Waals surface area contributed by atoms with Crippen LogP contribution in [0.5, 0.6) is 0 Å². The van der Waals surface area contributed by atoms with Gasteiger partial charge in [-0.3, -0.25) is 4.98 Å². The van der Waals surface area contributed by atoms with Crippen LogP contribution in [0.2, 0.25) is 0 Å². The highest BCUT2D eigenvalue weighted by molar-refractivity contribution is 7.99. The van der Waals surface area contributed by atoms with Gasteiger partial charge in [-0.1, -0.05) is 6.07 Å². The second kappa shape index (κ2) is 3.92. The quantitative estimate of drug-likeness (QED) is 0.793. The average molecular weight is 245 g/mol.